The molecular weight excluding hydrogens is 227 g/mol. The predicted molar refractivity (Wildman–Crippen MR) is 72.9 cm³/mol. The fourth-order valence-corrected chi connectivity index (χ4v) is 2.01. The molecule has 1 aliphatic rings. The quantitative estimate of drug-likeness (QED) is 0.754. The van der Waals surface area contributed by atoms with Crippen LogP contribution in [0.5, 0.6) is 0 Å². The van der Waals surface area contributed by atoms with E-state index in [0.717, 1.165) is 11.3 Å². The number of nitrogens with zero attached hydrogens (tertiary/aromatic N) is 2. The zero-order chi connectivity index (χ0) is 13.6. The van der Waals surface area contributed by atoms with Crippen LogP contribution in [0.2, 0.25) is 0 Å². The highest BCUT2D eigenvalue weighted by Gasteiger charge is 2.50. The van der Waals surface area contributed by atoms with Gasteiger partial charge in [0, 0.05) is 13.2 Å². The van der Waals surface area contributed by atoms with Crippen molar-refractivity contribution in [3.05, 3.63) is 23.9 Å². The van der Waals surface area contributed by atoms with Gasteiger partial charge in [0.25, 0.3) is 0 Å². The predicted octanol–water partition coefficient (Wildman–Crippen LogP) is 2.45. The van der Waals surface area contributed by atoms with Gasteiger partial charge in [-0.25, -0.2) is 0 Å². The van der Waals surface area contributed by atoms with E-state index in [4.69, 9.17) is 9.31 Å². The monoisotopic (exact) mass is 248 g/mol. The van der Waals surface area contributed by atoms with Crippen LogP contribution in [0, 0.1) is 0 Å². The van der Waals surface area contributed by atoms with Crippen molar-refractivity contribution in [2.75, 3.05) is 0 Å². The molecule has 18 heavy (non-hydrogen) atoms. The summed E-state index contributed by atoms with van der Waals surface area (Å²) in [6.07, 6.45) is 1.79. The summed E-state index contributed by atoms with van der Waals surface area (Å²) in [5.41, 5.74) is 1.60. The van der Waals surface area contributed by atoms with Gasteiger partial charge in [-0.05, 0) is 52.2 Å². The van der Waals surface area contributed by atoms with Crippen LogP contribution in [0.1, 0.15) is 40.3 Å². The number of aryl methyl sites for hydroxylation is 1. The Morgan fingerprint density at radius 3 is 2.28 bits per heavy atom. The molecule has 98 valence electrons. The lowest BCUT2D eigenvalue weighted by Gasteiger charge is -2.32. The minimum absolute atomic E-state index is 0.291. The van der Waals surface area contributed by atoms with E-state index in [2.05, 4.69) is 32.8 Å². The fraction of sp³-hybridized carbons (Fsp3) is 0.615. The Labute approximate surface area is 109 Å². The van der Waals surface area contributed by atoms with Gasteiger partial charge in [-0.1, -0.05) is 0 Å². The molecule has 0 atom stereocenters. The fourth-order valence-electron chi connectivity index (χ4n) is 2.01. The first-order valence-electron chi connectivity index (χ1n) is 6.25. The third kappa shape index (κ3) is 2.25. The molecule has 5 heteroatoms. The van der Waals surface area contributed by atoms with Gasteiger partial charge in [-0.15, -0.1) is 0 Å². The molecule has 0 saturated carbocycles. The van der Waals surface area contributed by atoms with Crippen LogP contribution in [-0.2, 0) is 16.4 Å². The Balaban J connectivity index is 2.19. The van der Waals surface area contributed by atoms with Crippen LogP contribution in [0.3, 0.4) is 0 Å². The molecule has 0 spiro atoms. The Morgan fingerprint density at radius 1 is 1.28 bits per heavy atom. The van der Waals surface area contributed by atoms with Crippen molar-refractivity contribution in [1.29, 1.82) is 0 Å². The molecule has 1 saturated heterocycles. The largest absolute Gasteiger partial charge is 0.487 e. The number of hydrogen-bond donors (Lipinski definition) is 0. The molecule has 0 radical (unpaired) electrons. The summed E-state index contributed by atoms with van der Waals surface area (Å²) in [5, 5.41) is 4.16. The van der Waals surface area contributed by atoms with Crippen molar-refractivity contribution in [2.24, 2.45) is 7.05 Å². The lowest BCUT2D eigenvalue weighted by molar-refractivity contribution is 0.00578. The van der Waals surface area contributed by atoms with Crippen molar-refractivity contribution in [3.8, 4) is 0 Å². The van der Waals surface area contributed by atoms with Crippen molar-refractivity contribution in [1.82, 2.24) is 9.78 Å². The molecule has 0 amide bonds. The van der Waals surface area contributed by atoms with Crippen LogP contribution in [0.15, 0.2) is 18.2 Å². The minimum atomic E-state index is -0.301. The summed E-state index contributed by atoms with van der Waals surface area (Å²) in [4.78, 5) is 0. The summed E-state index contributed by atoms with van der Waals surface area (Å²) >= 11 is 0. The van der Waals surface area contributed by atoms with Crippen molar-refractivity contribution >= 4 is 12.7 Å². The van der Waals surface area contributed by atoms with Crippen LogP contribution in [0.25, 0.3) is 5.57 Å². The van der Waals surface area contributed by atoms with Crippen molar-refractivity contribution in [2.45, 2.75) is 45.8 Å². The maximum atomic E-state index is 5.94. The lowest BCUT2D eigenvalue weighted by atomic mass is 9.86. The van der Waals surface area contributed by atoms with E-state index in [0.29, 0.717) is 0 Å². The van der Waals surface area contributed by atoms with Gasteiger partial charge in [-0.3, -0.25) is 4.68 Å². The molecular formula is C13H21BN2O2. The second-order valence-corrected chi connectivity index (χ2v) is 5.81. The molecule has 0 aliphatic carbocycles. The normalized spacial score (nSPS) is 22.6. The molecule has 2 rings (SSSR count). The lowest BCUT2D eigenvalue weighted by Crippen LogP contribution is -2.41. The molecule has 1 fully saturated rings. The van der Waals surface area contributed by atoms with E-state index in [1.54, 1.807) is 6.20 Å². The summed E-state index contributed by atoms with van der Waals surface area (Å²) in [5.74, 6) is 2.01. The number of allylic oxidation sites excluding steroid dienone is 1. The van der Waals surface area contributed by atoms with Gasteiger partial charge in [0.05, 0.1) is 16.9 Å². The highest BCUT2D eigenvalue weighted by molar-refractivity contribution is 6.53. The third-order valence-electron chi connectivity index (χ3n) is 3.88. The zero-order valence-electron chi connectivity index (χ0n) is 12.0. The molecule has 4 nitrogen and oxygen atoms in total. The van der Waals surface area contributed by atoms with Gasteiger partial charge in [0.1, 0.15) is 0 Å². The second kappa shape index (κ2) is 4.25. The molecule has 1 aliphatic heterocycles. The average Bonchev–Trinajstić information content (AvgIpc) is 2.69. The maximum absolute atomic E-state index is 5.94. The number of rotatable bonds is 2. The number of hydrogen-bond acceptors (Lipinski definition) is 3. The van der Waals surface area contributed by atoms with Crippen LogP contribution in [0.4, 0.5) is 0 Å². The van der Waals surface area contributed by atoms with Crippen LogP contribution in [-0.4, -0.2) is 28.1 Å². The smallest absolute Gasteiger partial charge is 0.400 e. The molecule has 1 aromatic heterocycles. The van der Waals surface area contributed by atoms with Gasteiger partial charge in [0.2, 0.25) is 0 Å². The van der Waals surface area contributed by atoms with E-state index < -0.39 is 0 Å². The van der Waals surface area contributed by atoms with E-state index >= 15 is 0 Å². The first kappa shape index (κ1) is 13.4. The van der Waals surface area contributed by atoms with Gasteiger partial charge in [-0.2, -0.15) is 5.10 Å². The summed E-state index contributed by atoms with van der Waals surface area (Å²) in [6.45, 7) is 10.3. The number of aromatic nitrogens is 2. The maximum Gasteiger partial charge on any atom is 0.487 e. The van der Waals surface area contributed by atoms with E-state index in [1.807, 2.05) is 30.7 Å². The zero-order valence-corrected chi connectivity index (χ0v) is 12.0. The van der Waals surface area contributed by atoms with Gasteiger partial charge in [0.15, 0.2) is 0 Å². The van der Waals surface area contributed by atoms with Crippen molar-refractivity contribution < 1.29 is 9.31 Å². The Bertz CT molecular complexity index is 461. The topological polar surface area (TPSA) is 36.3 Å². The van der Waals surface area contributed by atoms with Gasteiger partial charge < -0.3 is 9.31 Å². The average molecular weight is 248 g/mol. The first-order chi connectivity index (χ1) is 8.23. The Kier molecular flexibility index (Phi) is 3.15. The molecule has 0 aromatic carbocycles. The molecule has 0 bridgehead atoms. The molecule has 1 aromatic rings. The summed E-state index contributed by atoms with van der Waals surface area (Å²) in [6, 6.07) is 1.98. The van der Waals surface area contributed by atoms with Crippen molar-refractivity contribution in [3.63, 3.8) is 0 Å². The third-order valence-corrected chi connectivity index (χ3v) is 3.88. The highest BCUT2D eigenvalue weighted by Crippen LogP contribution is 2.37. The molecule has 0 unspecified atom stereocenters. The van der Waals surface area contributed by atoms with E-state index in [-0.39, 0.29) is 18.3 Å². The Hall–Kier alpha value is -1.07. The van der Waals surface area contributed by atoms with Gasteiger partial charge >= 0.3 is 7.12 Å². The second-order valence-electron chi connectivity index (χ2n) is 5.81. The molecule has 0 N–H and O–H groups in total. The van der Waals surface area contributed by atoms with E-state index in [1.165, 1.54) is 0 Å². The summed E-state index contributed by atoms with van der Waals surface area (Å²) in [7, 11) is 1.63. The summed E-state index contributed by atoms with van der Waals surface area (Å²) < 4.78 is 13.7. The van der Waals surface area contributed by atoms with E-state index in [9.17, 15) is 0 Å². The van der Waals surface area contributed by atoms with Crippen LogP contribution >= 0.6 is 0 Å². The molecule has 2 heterocycles. The highest BCUT2D eigenvalue weighted by atomic mass is 16.7. The minimum Gasteiger partial charge on any atom is -0.400 e. The standard InChI is InChI=1S/C13H21BN2O2/c1-10(11-7-8-15-16(11)6)9-14-17-12(2,3)13(4,5)18-14/h7-9H,1-6H3/b10-9+. The van der Waals surface area contributed by atoms with Crippen LogP contribution < -0.4 is 0 Å². The Morgan fingerprint density at radius 2 is 1.83 bits per heavy atom. The first-order valence-corrected chi connectivity index (χ1v) is 6.25. The SMILES string of the molecule is C/C(=C\B1OC(C)(C)C(C)(C)O1)c1ccnn1C.